The number of nitrogens with zero attached hydrogens (tertiary/aromatic N) is 1. The van der Waals surface area contributed by atoms with E-state index in [0.717, 1.165) is 35.0 Å². The molecule has 2 aromatic carbocycles. The van der Waals surface area contributed by atoms with E-state index in [9.17, 15) is 14.4 Å². The van der Waals surface area contributed by atoms with Crippen LogP contribution in [0.5, 0.6) is 0 Å². The number of benzene rings is 2. The van der Waals surface area contributed by atoms with Crippen LogP contribution in [0.4, 0.5) is 0 Å². The molecule has 0 unspecified atom stereocenters. The molecule has 0 bridgehead atoms. The van der Waals surface area contributed by atoms with Gasteiger partial charge in [-0.25, -0.2) is 0 Å². The van der Waals surface area contributed by atoms with Gasteiger partial charge in [-0.15, -0.1) is 0 Å². The molecule has 39 heavy (non-hydrogen) atoms. The van der Waals surface area contributed by atoms with Crippen molar-refractivity contribution in [2.45, 2.75) is 53.4 Å². The van der Waals surface area contributed by atoms with Crippen LogP contribution < -0.4 is 5.32 Å². The summed E-state index contributed by atoms with van der Waals surface area (Å²) in [4.78, 5) is 34.0. The Balaban J connectivity index is 0.000000633. The van der Waals surface area contributed by atoms with Gasteiger partial charge in [-0.3, -0.25) is 9.59 Å². The Kier molecular flexibility index (Phi) is 20.8. The lowest BCUT2D eigenvalue weighted by Crippen LogP contribution is -2.17. The van der Waals surface area contributed by atoms with Crippen LogP contribution in [0.3, 0.4) is 0 Å². The van der Waals surface area contributed by atoms with Gasteiger partial charge < -0.3 is 15.0 Å². The van der Waals surface area contributed by atoms with Crippen molar-refractivity contribution in [1.82, 2.24) is 10.2 Å². The van der Waals surface area contributed by atoms with Crippen molar-refractivity contribution in [3.63, 3.8) is 0 Å². The van der Waals surface area contributed by atoms with E-state index >= 15 is 0 Å². The molecule has 5 heteroatoms. The number of ketones is 1. The van der Waals surface area contributed by atoms with Crippen LogP contribution in [0.1, 0.15) is 62.8 Å². The van der Waals surface area contributed by atoms with Crippen LogP contribution in [-0.2, 0) is 27.2 Å². The van der Waals surface area contributed by atoms with E-state index in [0.29, 0.717) is 19.3 Å². The number of allylic oxidation sites excluding steroid dienone is 4. The number of amides is 1. The fourth-order valence-corrected chi connectivity index (χ4v) is 3.31. The van der Waals surface area contributed by atoms with Gasteiger partial charge in [-0.1, -0.05) is 101 Å². The Morgan fingerprint density at radius 2 is 1.79 bits per heavy atom. The lowest BCUT2D eigenvalue weighted by molar-refractivity contribution is -0.113. The van der Waals surface area contributed by atoms with Gasteiger partial charge in [0.15, 0.2) is 0 Å². The number of Topliss-reactive ketones (excluding diaryl/α,β-unsaturated/α-hetero) is 1. The molecular formula is C34H44N2O3. The molecule has 0 heterocycles. The monoisotopic (exact) mass is 528 g/mol. The molecule has 0 fully saturated rings. The highest BCUT2D eigenvalue weighted by Crippen LogP contribution is 2.21. The molecule has 5 nitrogen and oxygen atoms in total. The van der Waals surface area contributed by atoms with Crippen LogP contribution in [0.2, 0.25) is 0 Å². The molecule has 3 rings (SSSR count). The van der Waals surface area contributed by atoms with Crippen molar-refractivity contribution in [2.24, 2.45) is 0 Å². The summed E-state index contributed by atoms with van der Waals surface area (Å²) >= 11 is 0. The van der Waals surface area contributed by atoms with E-state index in [4.69, 9.17) is 0 Å². The number of rotatable bonds is 11. The zero-order chi connectivity index (χ0) is 29.3. The Bertz CT molecular complexity index is 1120. The average molecular weight is 529 g/mol. The first-order valence-electron chi connectivity index (χ1n) is 13.5. The van der Waals surface area contributed by atoms with Crippen LogP contribution in [-0.4, -0.2) is 43.5 Å². The molecule has 1 aliphatic carbocycles. The number of aldehydes is 1. The van der Waals surface area contributed by atoms with E-state index in [1.54, 1.807) is 18.4 Å². The maximum Gasteiger partial charge on any atom is 0.211 e. The Hall–Kier alpha value is -4.01. The summed E-state index contributed by atoms with van der Waals surface area (Å²) < 4.78 is 0. The van der Waals surface area contributed by atoms with Crippen molar-refractivity contribution in [3.8, 4) is 11.8 Å². The number of nitrogens with one attached hydrogen (secondary N) is 1. The molecule has 0 radical (unpaired) electrons. The Labute approximate surface area is 235 Å². The molecule has 0 saturated heterocycles. The van der Waals surface area contributed by atoms with Crippen molar-refractivity contribution in [2.75, 3.05) is 20.1 Å². The molecule has 0 aromatic heterocycles. The second kappa shape index (κ2) is 23.1. The summed E-state index contributed by atoms with van der Waals surface area (Å²) in [6.07, 6.45) is 11.6. The fourth-order valence-electron chi connectivity index (χ4n) is 3.31. The molecule has 1 aliphatic rings. The van der Waals surface area contributed by atoms with E-state index in [1.165, 1.54) is 25.1 Å². The lowest BCUT2D eigenvalue weighted by atomic mass is 9.94. The Morgan fingerprint density at radius 1 is 1.08 bits per heavy atom. The highest BCUT2D eigenvalue weighted by molar-refractivity contribution is 5.99. The number of aryl methyl sites for hydroxylation is 1. The molecule has 1 amide bonds. The molecule has 1 N–H and O–H groups in total. The first-order chi connectivity index (χ1) is 19.0. The van der Waals surface area contributed by atoms with Crippen molar-refractivity contribution in [3.05, 3.63) is 102 Å². The normalized spacial score (nSPS) is 11.2. The highest BCUT2D eigenvalue weighted by atomic mass is 16.1. The summed E-state index contributed by atoms with van der Waals surface area (Å²) in [6, 6.07) is 15.7. The summed E-state index contributed by atoms with van der Waals surface area (Å²) in [6.45, 7) is 14.4. The minimum Gasteiger partial charge on any atom is -0.335 e. The van der Waals surface area contributed by atoms with Crippen molar-refractivity contribution in [1.29, 1.82) is 0 Å². The number of carbonyl (C=O) groups is 3. The smallest absolute Gasteiger partial charge is 0.211 e. The SMILES string of the molecule is C=C/C=C\C(=C/NC=O)c1ccc2c(c1)C#CC(=O)C2.CC.CCCN(C)CC.O=CCCc1ccccc1. The first-order valence-corrected chi connectivity index (χ1v) is 13.5. The second-order valence-corrected chi connectivity index (χ2v) is 8.29. The number of hydrogen-bond donors (Lipinski definition) is 1. The van der Waals surface area contributed by atoms with Crippen molar-refractivity contribution >= 4 is 24.1 Å². The van der Waals surface area contributed by atoms with Gasteiger partial charge >= 0.3 is 0 Å². The summed E-state index contributed by atoms with van der Waals surface area (Å²) in [7, 11) is 2.14. The molecule has 0 atom stereocenters. The number of hydrogen-bond acceptors (Lipinski definition) is 4. The van der Waals surface area contributed by atoms with Crippen molar-refractivity contribution < 1.29 is 14.4 Å². The summed E-state index contributed by atoms with van der Waals surface area (Å²) in [5, 5.41) is 2.52. The van der Waals surface area contributed by atoms with E-state index in [2.05, 4.69) is 49.5 Å². The maximum atomic E-state index is 11.3. The van der Waals surface area contributed by atoms with E-state index in [1.807, 2.05) is 68.5 Å². The largest absolute Gasteiger partial charge is 0.335 e. The summed E-state index contributed by atoms with van der Waals surface area (Å²) in [5.74, 6) is 5.38. The van der Waals surface area contributed by atoms with Gasteiger partial charge in [0, 0.05) is 24.6 Å². The minimum absolute atomic E-state index is 0.0600. The predicted molar refractivity (Wildman–Crippen MR) is 164 cm³/mol. The number of carbonyl (C=O) groups excluding carboxylic acids is 3. The predicted octanol–water partition coefficient (Wildman–Crippen LogP) is 6.18. The number of fused-ring (bicyclic) bond motifs is 1. The molecule has 2 aromatic rings. The third-order valence-corrected chi connectivity index (χ3v) is 5.39. The summed E-state index contributed by atoms with van der Waals surface area (Å²) in [5.41, 5.74) is 4.77. The van der Waals surface area contributed by atoms with Gasteiger partial charge in [0.1, 0.15) is 6.29 Å². The fraction of sp³-hybridized carbons (Fsp3) is 0.324. The minimum atomic E-state index is -0.0600. The molecule has 0 aliphatic heterocycles. The topological polar surface area (TPSA) is 66.5 Å². The van der Waals surface area contributed by atoms with Gasteiger partial charge in [-0.05, 0) is 67.2 Å². The third-order valence-electron chi connectivity index (χ3n) is 5.39. The third kappa shape index (κ3) is 15.8. The Morgan fingerprint density at radius 3 is 2.36 bits per heavy atom. The van der Waals surface area contributed by atoms with E-state index < -0.39 is 0 Å². The van der Waals surface area contributed by atoms with Gasteiger partial charge in [0.2, 0.25) is 12.2 Å². The zero-order valence-corrected chi connectivity index (χ0v) is 24.2. The first kappa shape index (κ1) is 35.0. The van der Waals surface area contributed by atoms with E-state index in [-0.39, 0.29) is 5.78 Å². The second-order valence-electron chi connectivity index (χ2n) is 8.29. The lowest BCUT2D eigenvalue weighted by Gasteiger charge is -2.10. The van der Waals surface area contributed by atoms with Gasteiger partial charge in [0.05, 0.1) is 0 Å². The average Bonchev–Trinajstić information content (AvgIpc) is 2.98. The highest BCUT2D eigenvalue weighted by Gasteiger charge is 2.11. The molecule has 0 saturated carbocycles. The van der Waals surface area contributed by atoms with Gasteiger partial charge in [0.25, 0.3) is 0 Å². The van der Waals surface area contributed by atoms with Crippen LogP contribution in [0.25, 0.3) is 5.57 Å². The molecule has 0 spiro atoms. The van der Waals surface area contributed by atoms with Crippen LogP contribution in [0.15, 0.2) is 79.5 Å². The standard InChI is InChI=1S/C17H13NO2.C9H10O.C6H15N.C2H6/c1-2-3-4-16(11-18-12-19)14-5-6-15-10-17(20)8-7-13(15)9-14;10-8-4-7-9-5-2-1-3-6-9;1-4-6-7(3)5-2;1-2/h2-6,9,11-12H,1,10H2,(H,18,19);1-3,5-6,8H,4,7H2;4-6H2,1-3H3;1-2H3/b4-3-,16-11+;;;. The quantitative estimate of drug-likeness (QED) is 0.215. The van der Waals surface area contributed by atoms with Crippen LogP contribution in [0, 0.1) is 11.8 Å². The molecule has 208 valence electrons. The molecular weight excluding hydrogens is 484 g/mol. The van der Waals surface area contributed by atoms with Gasteiger partial charge in [-0.2, -0.15) is 0 Å². The van der Waals surface area contributed by atoms with Crippen LogP contribution >= 0.6 is 0 Å². The maximum absolute atomic E-state index is 11.3. The zero-order valence-electron chi connectivity index (χ0n) is 24.2.